The number of carbonyl (C=O) groups excluding carboxylic acids is 1. The summed E-state index contributed by atoms with van der Waals surface area (Å²) in [6.45, 7) is 16.1. The maximum absolute atomic E-state index is 14.1. The number of aryl methyl sites for hydroxylation is 1. The number of allylic oxidation sites excluding steroid dienone is 3. The molecule has 1 aliphatic carbocycles. The fourth-order valence-electron chi connectivity index (χ4n) is 5.54. The summed E-state index contributed by atoms with van der Waals surface area (Å²) in [4.78, 5) is 13.9. The van der Waals surface area contributed by atoms with E-state index in [0.717, 1.165) is 43.3 Å². The Morgan fingerprint density at radius 2 is 1.79 bits per heavy atom. The summed E-state index contributed by atoms with van der Waals surface area (Å²) in [5, 5.41) is 22.8. The van der Waals surface area contributed by atoms with Crippen LogP contribution in [0.5, 0.6) is 11.5 Å². The van der Waals surface area contributed by atoms with E-state index in [2.05, 4.69) is 13.5 Å². The summed E-state index contributed by atoms with van der Waals surface area (Å²) in [6, 6.07) is 1.53. The van der Waals surface area contributed by atoms with Crippen LogP contribution in [-0.2, 0) is 21.2 Å². The van der Waals surface area contributed by atoms with E-state index < -0.39 is 21.7 Å². The van der Waals surface area contributed by atoms with E-state index >= 15 is 0 Å². The quantitative estimate of drug-likeness (QED) is 0.293. The van der Waals surface area contributed by atoms with Gasteiger partial charge in [-0.2, -0.15) is 4.31 Å². The number of rotatable bonds is 8. The monoisotopic (exact) mass is 562 g/mol. The molecule has 0 bridgehead atoms. The second-order valence-corrected chi connectivity index (χ2v) is 13.9. The Bertz CT molecular complexity index is 1210. The third-order valence-electron chi connectivity index (χ3n) is 7.60. The molecule has 1 heterocycles. The van der Waals surface area contributed by atoms with Crippen molar-refractivity contribution in [2.45, 2.75) is 96.5 Å². The van der Waals surface area contributed by atoms with Crippen LogP contribution in [0.25, 0.3) is 0 Å². The molecule has 39 heavy (non-hydrogen) atoms. The summed E-state index contributed by atoms with van der Waals surface area (Å²) in [5.74, 6) is -0.864. The maximum atomic E-state index is 14.1. The number of unbranched alkanes of at least 4 members (excludes halogenated alkanes) is 2. The predicted molar refractivity (Wildman–Crippen MR) is 154 cm³/mol. The zero-order valence-electron chi connectivity index (χ0n) is 24.4. The van der Waals surface area contributed by atoms with Gasteiger partial charge in [0.15, 0.2) is 0 Å². The molecule has 1 amide bonds. The minimum absolute atomic E-state index is 0.0237. The van der Waals surface area contributed by atoms with Gasteiger partial charge in [-0.1, -0.05) is 43.6 Å². The lowest BCUT2D eigenvalue weighted by molar-refractivity contribution is 0.0192. The topological polar surface area (TPSA) is 107 Å². The molecular weight excluding hydrogens is 516 g/mol. The van der Waals surface area contributed by atoms with Crippen molar-refractivity contribution in [2.75, 3.05) is 26.2 Å². The maximum Gasteiger partial charge on any atom is 0.410 e. The van der Waals surface area contributed by atoms with Crippen LogP contribution in [0.15, 0.2) is 34.8 Å². The van der Waals surface area contributed by atoms with Gasteiger partial charge in [-0.3, -0.25) is 0 Å². The molecule has 1 aromatic carbocycles. The number of benzene rings is 1. The lowest BCUT2D eigenvalue weighted by Crippen LogP contribution is -2.51. The number of piperazine rings is 1. The summed E-state index contributed by atoms with van der Waals surface area (Å²) < 4.78 is 35.0. The predicted octanol–water partition coefficient (Wildman–Crippen LogP) is 6.09. The number of phenols is 2. The van der Waals surface area contributed by atoms with Crippen molar-refractivity contribution in [1.29, 1.82) is 0 Å². The van der Waals surface area contributed by atoms with E-state index in [1.54, 1.807) is 20.8 Å². The van der Waals surface area contributed by atoms with Crippen molar-refractivity contribution in [1.82, 2.24) is 9.21 Å². The second-order valence-electron chi connectivity index (χ2n) is 12.0. The molecule has 1 aromatic rings. The highest BCUT2D eigenvalue weighted by molar-refractivity contribution is 7.89. The highest BCUT2D eigenvalue weighted by atomic mass is 32.2. The van der Waals surface area contributed by atoms with Crippen LogP contribution < -0.4 is 0 Å². The van der Waals surface area contributed by atoms with Gasteiger partial charge in [0, 0.05) is 37.7 Å². The van der Waals surface area contributed by atoms with E-state index in [1.165, 1.54) is 15.3 Å². The van der Waals surface area contributed by atoms with Crippen LogP contribution in [0.3, 0.4) is 0 Å². The first-order chi connectivity index (χ1) is 18.2. The lowest BCUT2D eigenvalue weighted by atomic mass is 9.73. The Balaban J connectivity index is 2.03. The Labute approximate surface area is 234 Å². The molecule has 2 aliphatic rings. The number of amides is 1. The van der Waals surface area contributed by atoms with E-state index in [-0.39, 0.29) is 60.0 Å². The van der Waals surface area contributed by atoms with E-state index in [0.29, 0.717) is 12.0 Å². The minimum Gasteiger partial charge on any atom is -0.507 e. The van der Waals surface area contributed by atoms with Crippen LogP contribution in [-0.4, -0.2) is 65.7 Å². The Morgan fingerprint density at radius 1 is 1.15 bits per heavy atom. The molecule has 0 spiro atoms. The smallest absolute Gasteiger partial charge is 0.410 e. The molecule has 0 radical (unpaired) electrons. The lowest BCUT2D eigenvalue weighted by Gasteiger charge is -2.36. The SMILES string of the molecule is C=C(C)C1CCC(C)=CC1c1c(O)cc(CCCCC)c(S(=O)(=O)N2CCN(C(=O)OC(C)(C)C)CC2)c1O. The zero-order valence-corrected chi connectivity index (χ0v) is 25.2. The summed E-state index contributed by atoms with van der Waals surface area (Å²) in [5.41, 5.74) is 2.07. The second kappa shape index (κ2) is 12.3. The zero-order chi connectivity index (χ0) is 29.1. The number of carbonyl (C=O) groups is 1. The molecule has 8 nitrogen and oxygen atoms in total. The van der Waals surface area contributed by atoms with Gasteiger partial charge in [-0.05, 0) is 77.8 Å². The molecular formula is C30H46N2O6S. The van der Waals surface area contributed by atoms with Gasteiger partial charge >= 0.3 is 6.09 Å². The van der Waals surface area contributed by atoms with Crippen molar-refractivity contribution in [3.8, 4) is 11.5 Å². The van der Waals surface area contributed by atoms with Crippen LogP contribution in [0.4, 0.5) is 4.79 Å². The standard InChI is InChI=1S/C30H46N2O6S/c1-8-9-10-11-22-19-25(33)26(24-18-21(4)12-13-23(24)20(2)3)27(34)28(22)39(36,37)32-16-14-31(15-17-32)29(35)38-30(5,6)7/h18-19,23-24,33-34H,2,8-17H2,1,3-7H3. The van der Waals surface area contributed by atoms with Crippen LogP contribution in [0.1, 0.15) is 90.7 Å². The van der Waals surface area contributed by atoms with Crippen molar-refractivity contribution in [2.24, 2.45) is 5.92 Å². The van der Waals surface area contributed by atoms with Gasteiger partial charge in [0.1, 0.15) is 22.0 Å². The molecule has 2 N–H and O–H groups in total. The van der Waals surface area contributed by atoms with Gasteiger partial charge in [0.05, 0.1) is 0 Å². The molecule has 1 saturated heterocycles. The molecule has 1 aliphatic heterocycles. The summed E-state index contributed by atoms with van der Waals surface area (Å²) in [6.07, 6.45) is 6.26. The average molecular weight is 563 g/mol. The van der Waals surface area contributed by atoms with Crippen molar-refractivity contribution in [3.05, 3.63) is 41.0 Å². The van der Waals surface area contributed by atoms with Crippen LogP contribution in [0, 0.1) is 5.92 Å². The fraction of sp³-hybridized carbons (Fsp3) is 0.633. The first-order valence-electron chi connectivity index (χ1n) is 14.1. The van der Waals surface area contributed by atoms with Gasteiger partial charge in [0.25, 0.3) is 0 Å². The molecule has 9 heteroatoms. The Morgan fingerprint density at radius 3 is 2.36 bits per heavy atom. The van der Waals surface area contributed by atoms with E-state index in [1.807, 2.05) is 19.9 Å². The molecule has 2 atom stereocenters. The summed E-state index contributed by atoms with van der Waals surface area (Å²) >= 11 is 0. The first kappa shape index (κ1) is 31.0. The highest BCUT2D eigenvalue weighted by Crippen LogP contribution is 2.49. The Hall–Kier alpha value is -2.52. The largest absolute Gasteiger partial charge is 0.507 e. The number of hydrogen-bond donors (Lipinski definition) is 2. The summed E-state index contributed by atoms with van der Waals surface area (Å²) in [7, 11) is -4.12. The molecule has 0 saturated carbocycles. The van der Waals surface area contributed by atoms with Gasteiger partial charge in [-0.25, -0.2) is 13.2 Å². The average Bonchev–Trinajstić information content (AvgIpc) is 2.82. The molecule has 3 rings (SSSR count). The number of aromatic hydroxyl groups is 2. The van der Waals surface area contributed by atoms with Crippen molar-refractivity contribution in [3.63, 3.8) is 0 Å². The number of nitrogens with zero attached hydrogens (tertiary/aromatic N) is 2. The third kappa shape index (κ3) is 7.17. The highest BCUT2D eigenvalue weighted by Gasteiger charge is 2.38. The van der Waals surface area contributed by atoms with E-state index in [9.17, 15) is 23.4 Å². The van der Waals surface area contributed by atoms with Gasteiger partial charge < -0.3 is 19.8 Å². The molecule has 0 aromatic heterocycles. The third-order valence-corrected chi connectivity index (χ3v) is 9.62. The van der Waals surface area contributed by atoms with Gasteiger partial charge in [-0.15, -0.1) is 0 Å². The number of hydrogen-bond acceptors (Lipinski definition) is 6. The molecule has 218 valence electrons. The Kier molecular flexibility index (Phi) is 9.81. The van der Waals surface area contributed by atoms with Crippen molar-refractivity contribution >= 4 is 16.1 Å². The van der Waals surface area contributed by atoms with Crippen LogP contribution >= 0.6 is 0 Å². The van der Waals surface area contributed by atoms with Crippen LogP contribution in [0.2, 0.25) is 0 Å². The number of sulfonamides is 1. The molecule has 1 fully saturated rings. The normalized spacial score (nSPS) is 21.0. The number of ether oxygens (including phenoxy) is 1. The van der Waals surface area contributed by atoms with E-state index in [4.69, 9.17) is 4.74 Å². The number of phenolic OH excluding ortho intramolecular Hbond substituents is 2. The van der Waals surface area contributed by atoms with Crippen molar-refractivity contribution < 1.29 is 28.2 Å². The van der Waals surface area contributed by atoms with Gasteiger partial charge in [0.2, 0.25) is 10.0 Å². The first-order valence-corrected chi connectivity index (χ1v) is 15.5. The fourth-order valence-corrected chi connectivity index (χ4v) is 7.29. The molecule has 2 unspecified atom stereocenters. The minimum atomic E-state index is -4.12.